The molecule has 1 saturated carbocycles. The Labute approximate surface area is 195 Å². The molecule has 3 unspecified atom stereocenters. The summed E-state index contributed by atoms with van der Waals surface area (Å²) in [5.74, 6) is -6.73. The normalized spacial score (nSPS) is 26.4. The lowest BCUT2D eigenvalue weighted by atomic mass is 9.59. The van der Waals surface area contributed by atoms with Gasteiger partial charge in [0.15, 0.2) is 17.2 Å². The van der Waals surface area contributed by atoms with Gasteiger partial charge in [-0.05, 0) is 36.0 Å². The average molecular weight is 471 g/mol. The lowest BCUT2D eigenvalue weighted by molar-refractivity contribution is -0.849. The molecule has 1 aromatic carbocycles. The zero-order chi connectivity index (χ0) is 25.1. The molecule has 7 N–H and O–H groups in total. The number of nitrogens with two attached hydrogens (primary N) is 1. The van der Waals surface area contributed by atoms with E-state index in [1.165, 1.54) is 6.07 Å². The molecular weight excluding hydrogens is 444 g/mol. The van der Waals surface area contributed by atoms with Crippen molar-refractivity contribution in [1.29, 1.82) is 0 Å². The van der Waals surface area contributed by atoms with E-state index in [1.54, 1.807) is 6.07 Å². The lowest BCUT2D eigenvalue weighted by Gasteiger charge is -2.46. The quantitative estimate of drug-likeness (QED) is 0.286. The minimum absolute atomic E-state index is 0.00497. The topological polar surface area (TPSA) is 180 Å². The fourth-order valence-electron chi connectivity index (χ4n) is 5.52. The van der Waals surface area contributed by atoms with Crippen LogP contribution >= 0.6 is 0 Å². The van der Waals surface area contributed by atoms with Crippen LogP contribution in [0.3, 0.4) is 0 Å². The smallest absolute Gasteiger partial charge is 0.255 e. The van der Waals surface area contributed by atoms with Crippen LogP contribution in [-0.4, -0.2) is 69.9 Å². The zero-order valence-electron chi connectivity index (χ0n) is 18.8. The molecule has 10 nitrogen and oxygen atoms in total. The van der Waals surface area contributed by atoms with Gasteiger partial charge in [0.05, 0.1) is 19.7 Å². The lowest BCUT2D eigenvalue weighted by Crippen LogP contribution is -3.06. The highest BCUT2D eigenvalue weighted by Crippen LogP contribution is 2.52. The molecule has 0 bridgehead atoms. The highest BCUT2D eigenvalue weighted by Gasteiger charge is 2.60. The molecule has 0 aliphatic heterocycles. The van der Waals surface area contributed by atoms with Crippen LogP contribution < -0.4 is 10.6 Å². The standard InChI is InChI=1S/C24H26N2O8/c1-26(2)9-13(27)6-10-3-4-15(28)18-14(10)7-11-5-12-8-16(29)19(23(25)33)22(32)24(12,34)21(31)17(11)20(18)30/h3-4,11-12,28,30,32,34H,5-9H2,1-2H3,(H2,25,33)/p+1. The van der Waals surface area contributed by atoms with E-state index in [-0.39, 0.29) is 54.9 Å². The number of amides is 1. The molecule has 0 radical (unpaired) electrons. The minimum Gasteiger partial charge on any atom is -0.508 e. The Morgan fingerprint density at radius 1 is 1.15 bits per heavy atom. The van der Waals surface area contributed by atoms with Crippen LogP contribution in [0.15, 0.2) is 29.0 Å². The monoisotopic (exact) mass is 471 g/mol. The second kappa shape index (κ2) is 8.07. The van der Waals surface area contributed by atoms with E-state index in [4.69, 9.17) is 5.73 Å². The van der Waals surface area contributed by atoms with Crippen LogP contribution in [0.5, 0.6) is 5.75 Å². The molecule has 4 rings (SSSR count). The highest BCUT2D eigenvalue weighted by molar-refractivity contribution is 6.22. The minimum atomic E-state index is -2.59. The van der Waals surface area contributed by atoms with Gasteiger partial charge in [0.1, 0.15) is 29.4 Å². The maximum Gasteiger partial charge on any atom is 0.255 e. The highest BCUT2D eigenvalue weighted by atomic mass is 16.3. The van der Waals surface area contributed by atoms with Crippen LogP contribution in [0, 0.1) is 11.8 Å². The van der Waals surface area contributed by atoms with Gasteiger partial charge in [0.25, 0.3) is 5.91 Å². The van der Waals surface area contributed by atoms with Gasteiger partial charge in [-0.25, -0.2) is 0 Å². The van der Waals surface area contributed by atoms with Crippen molar-refractivity contribution in [1.82, 2.24) is 0 Å². The number of aliphatic hydroxyl groups excluding tert-OH is 2. The number of primary amides is 1. The first-order valence-electron chi connectivity index (χ1n) is 11.0. The number of phenolic OH excluding ortho intramolecular Hbond substituents is 1. The van der Waals surface area contributed by atoms with E-state index >= 15 is 0 Å². The maximum absolute atomic E-state index is 13.5. The second-order valence-corrected chi connectivity index (χ2v) is 9.60. The van der Waals surface area contributed by atoms with Gasteiger partial charge in [0.2, 0.25) is 5.78 Å². The summed E-state index contributed by atoms with van der Waals surface area (Å²) in [4.78, 5) is 50.9. The maximum atomic E-state index is 13.5. The molecule has 1 amide bonds. The van der Waals surface area contributed by atoms with Crippen molar-refractivity contribution < 1.29 is 44.5 Å². The van der Waals surface area contributed by atoms with Gasteiger partial charge in [0, 0.05) is 24.3 Å². The Balaban J connectivity index is 1.84. The molecule has 34 heavy (non-hydrogen) atoms. The number of aromatic hydroxyl groups is 1. The number of benzene rings is 1. The Kier molecular flexibility index (Phi) is 5.61. The summed E-state index contributed by atoms with van der Waals surface area (Å²) in [6.45, 7) is 0.287. The van der Waals surface area contributed by atoms with Crippen LogP contribution in [0.4, 0.5) is 0 Å². The number of likely N-dealkylation sites (N-methyl/N-ethyl adjacent to an activating group) is 1. The number of carbonyl (C=O) groups is 4. The molecule has 0 saturated heterocycles. The van der Waals surface area contributed by atoms with E-state index in [0.717, 1.165) is 4.90 Å². The molecule has 3 aliphatic carbocycles. The van der Waals surface area contributed by atoms with E-state index in [2.05, 4.69) is 0 Å². The van der Waals surface area contributed by atoms with Gasteiger partial charge >= 0.3 is 0 Å². The molecule has 0 spiro atoms. The number of carbonyl (C=O) groups excluding carboxylic acids is 4. The molecule has 3 atom stereocenters. The first-order valence-corrected chi connectivity index (χ1v) is 11.0. The Bertz CT molecular complexity index is 1210. The summed E-state index contributed by atoms with van der Waals surface area (Å²) in [6.07, 6.45) is -0.0680. The number of rotatable bonds is 5. The van der Waals surface area contributed by atoms with Crippen LogP contribution in [-0.2, 0) is 32.0 Å². The van der Waals surface area contributed by atoms with Gasteiger partial charge in [-0.1, -0.05) is 6.07 Å². The summed E-state index contributed by atoms with van der Waals surface area (Å²) < 4.78 is 0. The number of phenols is 1. The third-order valence-corrected chi connectivity index (χ3v) is 6.98. The van der Waals surface area contributed by atoms with Crippen LogP contribution in [0.1, 0.15) is 29.5 Å². The largest absolute Gasteiger partial charge is 0.508 e. The van der Waals surface area contributed by atoms with Crippen molar-refractivity contribution in [3.05, 3.63) is 45.7 Å². The average Bonchev–Trinajstić information content (AvgIpc) is 2.71. The number of hydrogen-bond donors (Lipinski definition) is 6. The van der Waals surface area contributed by atoms with E-state index in [1.807, 2.05) is 14.1 Å². The summed E-state index contributed by atoms with van der Waals surface area (Å²) in [5.41, 5.74) is 2.68. The number of quaternary nitrogens is 1. The molecule has 1 fully saturated rings. The van der Waals surface area contributed by atoms with E-state index < -0.39 is 52.0 Å². The summed E-state index contributed by atoms with van der Waals surface area (Å²) >= 11 is 0. The SMILES string of the molecule is C[NH+](C)CC(=O)Cc1ccc(O)c2c1CC1CC3CC(=O)C(C(N)=O)=C(O)C3(O)C(=O)C1=C2O. The number of hydrogen-bond acceptors (Lipinski definition) is 8. The van der Waals surface area contributed by atoms with Crippen molar-refractivity contribution in [3.63, 3.8) is 0 Å². The Morgan fingerprint density at radius 2 is 1.82 bits per heavy atom. The van der Waals surface area contributed by atoms with Gasteiger partial charge in [-0.2, -0.15) is 0 Å². The molecule has 180 valence electrons. The number of ketones is 3. The summed E-state index contributed by atoms with van der Waals surface area (Å²) in [5, 5.41) is 43.4. The number of Topliss-reactive ketones (excluding diaryl/α,β-unsaturated/α-hetero) is 3. The number of nitrogens with one attached hydrogen (secondary N) is 1. The molecule has 10 heteroatoms. The van der Waals surface area contributed by atoms with Crippen molar-refractivity contribution >= 4 is 29.0 Å². The molecule has 0 aromatic heterocycles. The number of fused-ring (bicyclic) bond motifs is 3. The Morgan fingerprint density at radius 3 is 2.44 bits per heavy atom. The molecule has 3 aliphatic rings. The first kappa shape index (κ1) is 23.7. The Hall–Kier alpha value is -3.50. The fraction of sp³-hybridized carbons (Fsp3) is 0.417. The van der Waals surface area contributed by atoms with Crippen LogP contribution in [0.2, 0.25) is 0 Å². The second-order valence-electron chi connectivity index (χ2n) is 9.60. The van der Waals surface area contributed by atoms with E-state index in [0.29, 0.717) is 11.1 Å². The zero-order valence-corrected chi connectivity index (χ0v) is 18.8. The van der Waals surface area contributed by atoms with Gasteiger partial charge in [-0.15, -0.1) is 0 Å². The summed E-state index contributed by atoms with van der Waals surface area (Å²) in [7, 11) is 3.69. The molecule has 0 heterocycles. The summed E-state index contributed by atoms with van der Waals surface area (Å²) in [6, 6.07) is 2.93. The molecule has 1 aromatic rings. The van der Waals surface area contributed by atoms with Crippen molar-refractivity contribution in [2.75, 3.05) is 20.6 Å². The third-order valence-electron chi connectivity index (χ3n) is 6.98. The molecular formula is C24H27N2O8+. The van der Waals surface area contributed by atoms with Crippen molar-refractivity contribution in [3.8, 4) is 5.75 Å². The van der Waals surface area contributed by atoms with Gasteiger partial charge in [-0.3, -0.25) is 19.2 Å². The fourth-order valence-corrected chi connectivity index (χ4v) is 5.52. The van der Waals surface area contributed by atoms with Crippen molar-refractivity contribution in [2.24, 2.45) is 17.6 Å². The van der Waals surface area contributed by atoms with Crippen LogP contribution in [0.25, 0.3) is 5.76 Å². The van der Waals surface area contributed by atoms with Gasteiger partial charge < -0.3 is 31.1 Å². The predicted molar refractivity (Wildman–Crippen MR) is 118 cm³/mol. The number of aliphatic hydroxyl groups is 3. The third kappa shape index (κ3) is 3.41. The first-order chi connectivity index (χ1) is 15.9. The van der Waals surface area contributed by atoms with E-state index in [9.17, 15) is 39.6 Å². The predicted octanol–water partition coefficient (Wildman–Crippen LogP) is -1.32. The van der Waals surface area contributed by atoms with Crippen molar-refractivity contribution in [2.45, 2.75) is 31.3 Å².